The van der Waals surface area contributed by atoms with Gasteiger partial charge in [0.25, 0.3) is 5.91 Å². The lowest BCUT2D eigenvalue weighted by Crippen LogP contribution is -2.11. The summed E-state index contributed by atoms with van der Waals surface area (Å²) in [6.45, 7) is 0.619. The number of nitrogens with one attached hydrogen (secondary N) is 1. The second-order valence-corrected chi connectivity index (χ2v) is 7.62. The highest BCUT2D eigenvalue weighted by atomic mass is 16.7. The van der Waals surface area contributed by atoms with E-state index in [4.69, 9.17) is 28.6 Å². The molecule has 0 fully saturated rings. The van der Waals surface area contributed by atoms with E-state index in [1.807, 2.05) is 24.3 Å². The molecule has 3 aromatic carbocycles. The monoisotopic (exact) mass is 468 g/mol. The maximum absolute atomic E-state index is 12.7. The van der Waals surface area contributed by atoms with E-state index in [-0.39, 0.29) is 25.1 Å². The fourth-order valence-electron chi connectivity index (χ4n) is 3.48. The molecule has 2 heterocycles. The third kappa shape index (κ3) is 5.20. The van der Waals surface area contributed by atoms with Crippen LogP contribution in [-0.2, 0) is 13.2 Å². The summed E-state index contributed by atoms with van der Waals surface area (Å²) in [4.78, 5) is 12.7. The molecule has 0 spiro atoms. The van der Waals surface area contributed by atoms with Crippen molar-refractivity contribution in [2.75, 3.05) is 12.1 Å². The number of nitriles is 1. The predicted octanol–water partition coefficient (Wildman–Crippen LogP) is 5.29. The van der Waals surface area contributed by atoms with E-state index in [0.717, 1.165) is 5.56 Å². The van der Waals surface area contributed by atoms with Crippen LogP contribution in [0, 0.1) is 11.3 Å². The standard InChI is InChI=1S/C27H20N2O6/c28-14-19-5-1-2-7-23(19)32-16-22-9-11-25(35-22)27(30)29-20-6-3-4-18(12-20)15-31-21-8-10-24-26(13-21)34-17-33-24/h1-13H,15-17H2,(H,29,30). The van der Waals surface area contributed by atoms with Gasteiger partial charge in [0.2, 0.25) is 6.79 Å². The van der Waals surface area contributed by atoms with Gasteiger partial charge in [-0.1, -0.05) is 24.3 Å². The van der Waals surface area contributed by atoms with Crippen LogP contribution in [0.15, 0.2) is 83.3 Å². The van der Waals surface area contributed by atoms with Gasteiger partial charge in [0.15, 0.2) is 17.3 Å². The lowest BCUT2D eigenvalue weighted by Gasteiger charge is -2.09. The summed E-state index contributed by atoms with van der Waals surface area (Å²) in [5, 5.41) is 12.0. The van der Waals surface area contributed by atoms with Crippen LogP contribution in [0.4, 0.5) is 5.69 Å². The second kappa shape index (κ2) is 9.93. The van der Waals surface area contributed by atoms with Gasteiger partial charge in [-0.25, -0.2) is 0 Å². The Labute approximate surface area is 201 Å². The molecule has 0 bridgehead atoms. The van der Waals surface area contributed by atoms with E-state index in [1.54, 1.807) is 54.6 Å². The largest absolute Gasteiger partial charge is 0.489 e. The highest BCUT2D eigenvalue weighted by Crippen LogP contribution is 2.35. The van der Waals surface area contributed by atoms with Crippen molar-refractivity contribution < 1.29 is 28.2 Å². The third-order valence-corrected chi connectivity index (χ3v) is 5.20. The Hall–Kier alpha value is -4.90. The Morgan fingerprint density at radius 3 is 2.71 bits per heavy atom. The van der Waals surface area contributed by atoms with Gasteiger partial charge in [0, 0.05) is 11.8 Å². The number of para-hydroxylation sites is 1. The molecule has 0 atom stereocenters. The molecule has 0 saturated carbocycles. The number of nitrogens with zero attached hydrogens (tertiary/aromatic N) is 1. The number of ether oxygens (including phenoxy) is 4. The first-order valence-corrected chi connectivity index (χ1v) is 10.8. The SMILES string of the molecule is N#Cc1ccccc1OCc1ccc(C(=O)Nc2cccc(COc3ccc4c(c3)OCO4)c2)o1. The van der Waals surface area contributed by atoms with Gasteiger partial charge < -0.3 is 28.7 Å². The fourth-order valence-corrected chi connectivity index (χ4v) is 3.48. The van der Waals surface area contributed by atoms with Crippen molar-refractivity contribution in [2.24, 2.45) is 0 Å². The summed E-state index contributed by atoms with van der Waals surface area (Å²) in [6, 6.07) is 25.0. The minimum atomic E-state index is -0.387. The molecular weight excluding hydrogens is 448 g/mol. The molecule has 1 aromatic heterocycles. The summed E-state index contributed by atoms with van der Waals surface area (Å²) in [5.41, 5.74) is 1.92. The first-order chi connectivity index (χ1) is 17.2. The molecule has 0 radical (unpaired) electrons. The minimum absolute atomic E-state index is 0.0959. The van der Waals surface area contributed by atoms with Crippen LogP contribution >= 0.6 is 0 Å². The average Bonchev–Trinajstić information content (AvgIpc) is 3.56. The van der Waals surface area contributed by atoms with Crippen LogP contribution in [0.1, 0.15) is 27.4 Å². The number of hydrogen-bond donors (Lipinski definition) is 1. The summed E-state index contributed by atoms with van der Waals surface area (Å²) in [5.74, 6) is 2.70. The van der Waals surface area contributed by atoms with Crippen molar-refractivity contribution in [3.8, 4) is 29.1 Å². The first kappa shape index (κ1) is 21.9. The Balaban J connectivity index is 1.17. The van der Waals surface area contributed by atoms with Gasteiger partial charge in [0.1, 0.15) is 36.5 Å². The maximum atomic E-state index is 12.7. The quantitative estimate of drug-likeness (QED) is 0.375. The number of anilines is 1. The van der Waals surface area contributed by atoms with Crippen molar-refractivity contribution in [3.05, 3.63) is 102 Å². The second-order valence-electron chi connectivity index (χ2n) is 7.62. The number of benzene rings is 3. The van der Waals surface area contributed by atoms with Crippen molar-refractivity contribution in [3.63, 3.8) is 0 Å². The molecule has 8 nitrogen and oxygen atoms in total. The fraction of sp³-hybridized carbons (Fsp3) is 0.111. The number of carbonyl (C=O) groups is 1. The van der Waals surface area contributed by atoms with E-state index in [2.05, 4.69) is 11.4 Å². The molecule has 1 aliphatic rings. The maximum Gasteiger partial charge on any atom is 0.291 e. The summed E-state index contributed by atoms with van der Waals surface area (Å²) in [6.07, 6.45) is 0. The minimum Gasteiger partial charge on any atom is -0.489 e. The first-order valence-electron chi connectivity index (χ1n) is 10.8. The van der Waals surface area contributed by atoms with Gasteiger partial charge >= 0.3 is 0 Å². The van der Waals surface area contributed by atoms with Gasteiger partial charge in [0.05, 0.1) is 5.56 Å². The van der Waals surface area contributed by atoms with Crippen LogP contribution in [0.3, 0.4) is 0 Å². The van der Waals surface area contributed by atoms with Crippen LogP contribution in [-0.4, -0.2) is 12.7 Å². The van der Waals surface area contributed by atoms with Crippen molar-refractivity contribution in [1.29, 1.82) is 5.26 Å². The molecule has 35 heavy (non-hydrogen) atoms. The number of fused-ring (bicyclic) bond motifs is 1. The van der Waals surface area contributed by atoms with Gasteiger partial charge in [-0.15, -0.1) is 0 Å². The van der Waals surface area contributed by atoms with E-state index in [1.165, 1.54) is 0 Å². The van der Waals surface area contributed by atoms with Gasteiger partial charge in [-0.2, -0.15) is 5.26 Å². The number of furan rings is 1. The lowest BCUT2D eigenvalue weighted by molar-refractivity contribution is 0.0992. The van der Waals surface area contributed by atoms with E-state index < -0.39 is 0 Å². The van der Waals surface area contributed by atoms with Crippen LogP contribution in [0.25, 0.3) is 0 Å². The zero-order valence-corrected chi connectivity index (χ0v) is 18.5. The Bertz CT molecular complexity index is 1400. The van der Waals surface area contributed by atoms with Crippen LogP contribution < -0.4 is 24.3 Å². The van der Waals surface area contributed by atoms with Crippen LogP contribution in [0.2, 0.25) is 0 Å². The van der Waals surface area contributed by atoms with Crippen molar-refractivity contribution in [1.82, 2.24) is 0 Å². The topological polar surface area (TPSA) is 103 Å². The lowest BCUT2D eigenvalue weighted by atomic mass is 10.2. The predicted molar refractivity (Wildman–Crippen MR) is 125 cm³/mol. The molecule has 1 aliphatic heterocycles. The molecule has 0 saturated heterocycles. The Kier molecular flexibility index (Phi) is 6.22. The Morgan fingerprint density at radius 1 is 0.914 bits per heavy atom. The number of hydrogen-bond acceptors (Lipinski definition) is 7. The van der Waals surface area contributed by atoms with Gasteiger partial charge in [-0.05, 0) is 54.1 Å². The van der Waals surface area contributed by atoms with Crippen molar-refractivity contribution >= 4 is 11.6 Å². The van der Waals surface area contributed by atoms with E-state index >= 15 is 0 Å². The van der Waals surface area contributed by atoms with Crippen molar-refractivity contribution in [2.45, 2.75) is 13.2 Å². The molecule has 174 valence electrons. The highest BCUT2D eigenvalue weighted by molar-refractivity contribution is 6.02. The molecule has 8 heteroatoms. The molecule has 1 N–H and O–H groups in total. The molecule has 0 unspecified atom stereocenters. The van der Waals surface area contributed by atoms with E-state index in [9.17, 15) is 4.79 Å². The normalized spacial score (nSPS) is 11.5. The van der Waals surface area contributed by atoms with Crippen LogP contribution in [0.5, 0.6) is 23.0 Å². The number of carbonyl (C=O) groups excluding carboxylic acids is 1. The van der Waals surface area contributed by atoms with Gasteiger partial charge in [-0.3, -0.25) is 4.79 Å². The molecule has 4 aromatic rings. The third-order valence-electron chi connectivity index (χ3n) is 5.20. The van der Waals surface area contributed by atoms with E-state index in [0.29, 0.717) is 46.6 Å². The zero-order chi connectivity index (χ0) is 24.0. The molecular formula is C27H20N2O6. The molecule has 5 rings (SSSR count). The summed E-state index contributed by atoms with van der Waals surface area (Å²) >= 11 is 0. The number of amides is 1. The smallest absolute Gasteiger partial charge is 0.291 e. The summed E-state index contributed by atoms with van der Waals surface area (Å²) < 4.78 is 27.8. The molecule has 1 amide bonds. The highest BCUT2D eigenvalue weighted by Gasteiger charge is 2.15. The average molecular weight is 468 g/mol. The molecule has 0 aliphatic carbocycles. The summed E-state index contributed by atoms with van der Waals surface area (Å²) in [7, 11) is 0. The number of rotatable bonds is 8. The Morgan fingerprint density at radius 2 is 1.80 bits per heavy atom. The zero-order valence-electron chi connectivity index (χ0n) is 18.5.